The van der Waals surface area contributed by atoms with Gasteiger partial charge in [0.1, 0.15) is 5.75 Å². The SMILES string of the molecule is O=C(Oc1cccc(Br)c1)C(F)(F)F. The minimum absolute atomic E-state index is 0.151. The van der Waals surface area contributed by atoms with Gasteiger partial charge < -0.3 is 4.74 Å². The molecule has 0 N–H and O–H groups in total. The van der Waals surface area contributed by atoms with Gasteiger partial charge >= 0.3 is 12.1 Å². The summed E-state index contributed by atoms with van der Waals surface area (Å²) in [6, 6.07) is 5.59. The quantitative estimate of drug-likeness (QED) is 0.578. The van der Waals surface area contributed by atoms with Crippen molar-refractivity contribution in [3.8, 4) is 5.75 Å². The highest BCUT2D eigenvalue weighted by atomic mass is 79.9. The van der Waals surface area contributed by atoms with Gasteiger partial charge in [0.25, 0.3) is 0 Å². The third-order valence-corrected chi connectivity index (χ3v) is 1.73. The molecule has 0 heterocycles. The maximum atomic E-state index is 11.7. The maximum Gasteiger partial charge on any atom is 0.491 e. The predicted molar refractivity (Wildman–Crippen MR) is 45.8 cm³/mol. The van der Waals surface area contributed by atoms with Crippen LogP contribution in [0.5, 0.6) is 5.75 Å². The predicted octanol–water partition coefficient (Wildman–Crippen LogP) is 2.92. The van der Waals surface area contributed by atoms with Crippen molar-refractivity contribution < 1.29 is 22.7 Å². The van der Waals surface area contributed by atoms with E-state index < -0.39 is 12.1 Å². The Bertz CT molecular complexity index is 349. The fourth-order valence-electron chi connectivity index (χ4n) is 0.695. The van der Waals surface area contributed by atoms with Crippen LogP contribution in [0.3, 0.4) is 0 Å². The fourth-order valence-corrected chi connectivity index (χ4v) is 1.07. The number of carbonyl (C=O) groups excluding carboxylic acids is 1. The second kappa shape index (κ2) is 4.00. The number of esters is 1. The van der Waals surface area contributed by atoms with E-state index in [9.17, 15) is 18.0 Å². The highest BCUT2D eigenvalue weighted by molar-refractivity contribution is 9.10. The van der Waals surface area contributed by atoms with E-state index >= 15 is 0 Å². The van der Waals surface area contributed by atoms with Crippen molar-refractivity contribution in [2.75, 3.05) is 0 Å². The lowest BCUT2D eigenvalue weighted by molar-refractivity contribution is -0.189. The Labute approximate surface area is 85.8 Å². The molecule has 0 radical (unpaired) electrons. The number of carbonyl (C=O) groups is 1. The van der Waals surface area contributed by atoms with Crippen molar-refractivity contribution in [2.45, 2.75) is 6.18 Å². The topological polar surface area (TPSA) is 26.3 Å². The van der Waals surface area contributed by atoms with Gasteiger partial charge in [-0.2, -0.15) is 13.2 Å². The second-order valence-corrected chi connectivity index (χ2v) is 3.26. The van der Waals surface area contributed by atoms with Gasteiger partial charge in [0.05, 0.1) is 0 Å². The molecule has 0 atom stereocenters. The van der Waals surface area contributed by atoms with Crippen LogP contribution in [0.25, 0.3) is 0 Å². The summed E-state index contributed by atoms with van der Waals surface area (Å²) < 4.78 is 39.8. The van der Waals surface area contributed by atoms with Gasteiger partial charge in [-0.25, -0.2) is 4.79 Å². The third-order valence-electron chi connectivity index (χ3n) is 1.24. The molecule has 14 heavy (non-hydrogen) atoms. The summed E-state index contributed by atoms with van der Waals surface area (Å²) in [5.41, 5.74) is 0. The first kappa shape index (κ1) is 11.0. The first-order valence-electron chi connectivity index (χ1n) is 3.44. The molecule has 0 saturated carbocycles. The van der Waals surface area contributed by atoms with Crippen molar-refractivity contribution in [1.82, 2.24) is 0 Å². The summed E-state index contributed by atoms with van der Waals surface area (Å²) in [5.74, 6) is -2.38. The zero-order chi connectivity index (χ0) is 10.8. The van der Waals surface area contributed by atoms with Crippen molar-refractivity contribution in [2.24, 2.45) is 0 Å². The van der Waals surface area contributed by atoms with E-state index in [0.29, 0.717) is 4.47 Å². The third kappa shape index (κ3) is 3.02. The van der Waals surface area contributed by atoms with E-state index in [1.54, 1.807) is 6.07 Å². The lowest BCUT2D eigenvalue weighted by Crippen LogP contribution is -2.27. The smallest absolute Gasteiger partial charge is 0.420 e. The highest BCUT2D eigenvalue weighted by Crippen LogP contribution is 2.22. The van der Waals surface area contributed by atoms with Crippen LogP contribution >= 0.6 is 15.9 Å². The van der Waals surface area contributed by atoms with Gasteiger partial charge in [-0.05, 0) is 18.2 Å². The molecule has 0 aliphatic heterocycles. The number of alkyl halides is 3. The Balaban J connectivity index is 2.75. The molecule has 1 aromatic carbocycles. The van der Waals surface area contributed by atoms with Gasteiger partial charge in [-0.1, -0.05) is 22.0 Å². The van der Waals surface area contributed by atoms with E-state index in [0.717, 1.165) is 0 Å². The average Bonchev–Trinajstić information content (AvgIpc) is 2.02. The molecule has 0 spiro atoms. The largest absolute Gasteiger partial charge is 0.491 e. The standard InChI is InChI=1S/C8H4BrF3O2/c9-5-2-1-3-6(4-5)14-7(13)8(10,11)12/h1-4H. The molecule has 0 aliphatic rings. The summed E-state index contributed by atoms with van der Waals surface area (Å²) in [6.45, 7) is 0. The Morgan fingerprint density at radius 3 is 2.50 bits per heavy atom. The van der Waals surface area contributed by atoms with Crippen LogP contribution in [0.15, 0.2) is 28.7 Å². The summed E-state index contributed by atoms with van der Waals surface area (Å²) in [7, 11) is 0. The van der Waals surface area contributed by atoms with Crippen LogP contribution in [-0.2, 0) is 4.79 Å². The lowest BCUT2D eigenvalue weighted by atomic mass is 10.3. The molecule has 0 unspecified atom stereocenters. The molecular weight excluding hydrogens is 265 g/mol. The van der Waals surface area contributed by atoms with Crippen LogP contribution < -0.4 is 4.74 Å². The molecule has 0 bridgehead atoms. The number of halogens is 4. The Kier molecular flexibility index (Phi) is 3.15. The lowest BCUT2D eigenvalue weighted by Gasteiger charge is -2.06. The monoisotopic (exact) mass is 268 g/mol. The summed E-state index contributed by atoms with van der Waals surface area (Å²) in [4.78, 5) is 10.4. The van der Waals surface area contributed by atoms with E-state index in [1.165, 1.54) is 18.2 Å². The fraction of sp³-hybridized carbons (Fsp3) is 0.125. The number of hydrogen-bond donors (Lipinski definition) is 0. The first-order chi connectivity index (χ1) is 6.39. The van der Waals surface area contributed by atoms with Gasteiger partial charge in [0.2, 0.25) is 0 Å². The Morgan fingerprint density at radius 2 is 2.00 bits per heavy atom. The first-order valence-corrected chi connectivity index (χ1v) is 4.23. The van der Waals surface area contributed by atoms with Crippen LogP contribution in [0.1, 0.15) is 0 Å². The normalized spacial score (nSPS) is 11.1. The van der Waals surface area contributed by atoms with Crippen LogP contribution in [0.4, 0.5) is 13.2 Å². The number of hydrogen-bond acceptors (Lipinski definition) is 2. The molecule has 1 rings (SSSR count). The molecule has 0 amide bonds. The molecule has 6 heteroatoms. The van der Waals surface area contributed by atoms with Gasteiger partial charge in [-0.3, -0.25) is 0 Å². The summed E-state index contributed by atoms with van der Waals surface area (Å²) >= 11 is 3.03. The van der Waals surface area contributed by atoms with E-state index in [-0.39, 0.29) is 5.75 Å². The van der Waals surface area contributed by atoms with Gasteiger partial charge in [0, 0.05) is 4.47 Å². The molecule has 2 nitrogen and oxygen atoms in total. The van der Waals surface area contributed by atoms with Crippen LogP contribution in [0, 0.1) is 0 Å². The molecule has 0 fully saturated rings. The molecule has 0 aromatic heterocycles. The van der Waals surface area contributed by atoms with Crippen molar-refractivity contribution in [3.63, 3.8) is 0 Å². The van der Waals surface area contributed by atoms with Crippen LogP contribution in [-0.4, -0.2) is 12.1 Å². The summed E-state index contributed by atoms with van der Waals surface area (Å²) in [5, 5.41) is 0. The molecule has 0 aliphatic carbocycles. The molecule has 76 valence electrons. The molecule has 1 aromatic rings. The van der Waals surface area contributed by atoms with Crippen LogP contribution in [0.2, 0.25) is 0 Å². The summed E-state index contributed by atoms with van der Waals surface area (Å²) in [6.07, 6.45) is -4.97. The number of benzene rings is 1. The van der Waals surface area contributed by atoms with Crippen molar-refractivity contribution >= 4 is 21.9 Å². The number of ether oxygens (including phenoxy) is 1. The average molecular weight is 269 g/mol. The highest BCUT2D eigenvalue weighted by Gasteiger charge is 2.41. The molecular formula is C8H4BrF3O2. The second-order valence-electron chi connectivity index (χ2n) is 2.34. The zero-order valence-corrected chi connectivity index (χ0v) is 8.22. The molecule has 0 saturated heterocycles. The van der Waals surface area contributed by atoms with Gasteiger partial charge in [-0.15, -0.1) is 0 Å². The van der Waals surface area contributed by atoms with Crippen molar-refractivity contribution in [1.29, 1.82) is 0 Å². The van der Waals surface area contributed by atoms with E-state index in [2.05, 4.69) is 20.7 Å². The van der Waals surface area contributed by atoms with Crippen molar-refractivity contribution in [3.05, 3.63) is 28.7 Å². The maximum absolute atomic E-state index is 11.7. The van der Waals surface area contributed by atoms with E-state index in [1.807, 2.05) is 0 Å². The van der Waals surface area contributed by atoms with E-state index in [4.69, 9.17) is 0 Å². The zero-order valence-electron chi connectivity index (χ0n) is 6.64. The number of rotatable bonds is 1. The Morgan fingerprint density at radius 1 is 1.36 bits per heavy atom. The minimum atomic E-state index is -4.97. The van der Waals surface area contributed by atoms with Gasteiger partial charge in [0.15, 0.2) is 0 Å². The Hall–Kier alpha value is -1.04. The minimum Gasteiger partial charge on any atom is -0.420 e.